The molecule has 5 rings (SSSR count). The molecule has 1 aliphatic carbocycles. The molecule has 206 valence electrons. The minimum atomic E-state index is 0.0484. The van der Waals surface area contributed by atoms with Gasteiger partial charge in [-0.1, -0.05) is 43.2 Å². The van der Waals surface area contributed by atoms with E-state index in [1.807, 2.05) is 11.8 Å². The molecule has 0 radical (unpaired) electrons. The van der Waals surface area contributed by atoms with E-state index in [4.69, 9.17) is 9.47 Å². The fourth-order valence-electron chi connectivity index (χ4n) is 6.71. The number of benzene rings is 1. The molecule has 2 aliphatic heterocycles. The van der Waals surface area contributed by atoms with E-state index in [0.29, 0.717) is 36.2 Å². The largest absolute Gasteiger partial charge is 0.379 e. The van der Waals surface area contributed by atoms with Gasteiger partial charge in [-0.25, -0.2) is 9.97 Å². The quantitative estimate of drug-likeness (QED) is 0.544. The molecule has 0 spiro atoms. The molecule has 1 saturated carbocycles. The molecule has 7 nitrogen and oxygen atoms in total. The van der Waals surface area contributed by atoms with Crippen molar-refractivity contribution in [1.29, 1.82) is 0 Å². The van der Waals surface area contributed by atoms with Gasteiger partial charge in [-0.15, -0.1) is 0 Å². The predicted octanol–water partition coefficient (Wildman–Crippen LogP) is 4.69. The molecule has 3 aliphatic rings. The Kier molecular flexibility index (Phi) is 9.41. The Hall–Kier alpha value is -2.35. The summed E-state index contributed by atoms with van der Waals surface area (Å²) in [5.74, 6) is 1.43. The summed E-state index contributed by atoms with van der Waals surface area (Å²) in [6.45, 7) is 4.95. The minimum Gasteiger partial charge on any atom is -0.379 e. The van der Waals surface area contributed by atoms with Crippen molar-refractivity contribution in [3.63, 3.8) is 0 Å². The molecule has 2 aromatic rings. The lowest BCUT2D eigenvalue weighted by atomic mass is 9.76. The first kappa shape index (κ1) is 27.2. The number of nitrogens with one attached hydrogen (secondary N) is 1. The SMILES string of the molecule is COC1COCCC1NC1CCN(C(=O)c2ncnc(CCC3CCC[C@@H](c4ccccc4)C3)c2C)CC1. The van der Waals surface area contributed by atoms with Gasteiger partial charge >= 0.3 is 0 Å². The zero-order valence-electron chi connectivity index (χ0n) is 23.1. The Bertz CT molecular complexity index is 1040. The Morgan fingerprint density at radius 1 is 1.11 bits per heavy atom. The van der Waals surface area contributed by atoms with Crippen LogP contribution in [0.2, 0.25) is 0 Å². The van der Waals surface area contributed by atoms with E-state index in [-0.39, 0.29) is 12.0 Å². The summed E-state index contributed by atoms with van der Waals surface area (Å²) in [7, 11) is 1.75. The Morgan fingerprint density at radius 3 is 2.71 bits per heavy atom. The summed E-state index contributed by atoms with van der Waals surface area (Å²) in [5, 5.41) is 3.77. The number of nitrogens with zero attached hydrogens (tertiary/aromatic N) is 3. The molecule has 3 heterocycles. The van der Waals surface area contributed by atoms with Crippen molar-refractivity contribution in [2.75, 3.05) is 33.4 Å². The zero-order chi connectivity index (χ0) is 26.3. The molecule has 1 aromatic heterocycles. The van der Waals surface area contributed by atoms with Crippen molar-refractivity contribution >= 4 is 5.91 Å². The lowest BCUT2D eigenvalue weighted by Crippen LogP contribution is -2.54. The third kappa shape index (κ3) is 6.61. The number of aryl methyl sites for hydroxylation is 1. The van der Waals surface area contributed by atoms with Gasteiger partial charge in [0.1, 0.15) is 12.0 Å². The van der Waals surface area contributed by atoms with Gasteiger partial charge in [-0.3, -0.25) is 4.79 Å². The molecule has 3 fully saturated rings. The summed E-state index contributed by atoms with van der Waals surface area (Å²) in [6, 6.07) is 11.7. The summed E-state index contributed by atoms with van der Waals surface area (Å²) in [4.78, 5) is 24.5. The fraction of sp³-hybridized carbons (Fsp3) is 0.645. The number of hydrogen-bond acceptors (Lipinski definition) is 6. The number of rotatable bonds is 8. The molecule has 1 amide bonds. The maximum atomic E-state index is 13.5. The summed E-state index contributed by atoms with van der Waals surface area (Å²) in [6.07, 6.45) is 11.7. The lowest BCUT2D eigenvalue weighted by molar-refractivity contribution is -0.0533. The fourth-order valence-corrected chi connectivity index (χ4v) is 6.71. The molecule has 3 unspecified atom stereocenters. The van der Waals surface area contributed by atoms with Crippen molar-refractivity contribution in [3.8, 4) is 0 Å². The highest BCUT2D eigenvalue weighted by Gasteiger charge is 2.31. The van der Waals surface area contributed by atoms with E-state index in [1.54, 1.807) is 13.4 Å². The topological polar surface area (TPSA) is 76.6 Å². The molecule has 1 aromatic carbocycles. The highest BCUT2D eigenvalue weighted by atomic mass is 16.5. The van der Waals surface area contributed by atoms with E-state index in [1.165, 1.54) is 31.2 Å². The number of hydrogen-bond donors (Lipinski definition) is 1. The summed E-state index contributed by atoms with van der Waals surface area (Å²) < 4.78 is 11.2. The molecule has 7 heteroatoms. The van der Waals surface area contributed by atoms with Crippen LogP contribution in [0.15, 0.2) is 36.7 Å². The number of ether oxygens (including phenoxy) is 2. The van der Waals surface area contributed by atoms with Crippen LogP contribution in [-0.2, 0) is 15.9 Å². The van der Waals surface area contributed by atoms with Gasteiger partial charge in [-0.05, 0) is 69.3 Å². The number of likely N-dealkylation sites (tertiary alicyclic amines) is 1. The average Bonchev–Trinajstić information content (AvgIpc) is 2.97. The number of carbonyl (C=O) groups is 1. The number of carbonyl (C=O) groups excluding carboxylic acids is 1. The monoisotopic (exact) mass is 520 g/mol. The van der Waals surface area contributed by atoms with Gasteiger partial charge in [0.25, 0.3) is 5.91 Å². The van der Waals surface area contributed by atoms with E-state index < -0.39 is 0 Å². The first-order valence-electron chi connectivity index (χ1n) is 14.6. The number of methoxy groups -OCH3 is 1. The van der Waals surface area contributed by atoms with Gasteiger partial charge in [0.15, 0.2) is 0 Å². The van der Waals surface area contributed by atoms with E-state index in [2.05, 4.69) is 45.6 Å². The molecule has 1 N–H and O–H groups in total. The summed E-state index contributed by atoms with van der Waals surface area (Å²) >= 11 is 0. The molecule has 38 heavy (non-hydrogen) atoms. The van der Waals surface area contributed by atoms with E-state index >= 15 is 0 Å². The lowest BCUT2D eigenvalue weighted by Gasteiger charge is -2.38. The number of aromatic nitrogens is 2. The maximum Gasteiger partial charge on any atom is 0.272 e. The minimum absolute atomic E-state index is 0.0484. The predicted molar refractivity (Wildman–Crippen MR) is 148 cm³/mol. The Labute approximate surface area is 227 Å². The molecule has 4 atom stereocenters. The van der Waals surface area contributed by atoms with Crippen molar-refractivity contribution in [2.24, 2.45) is 5.92 Å². The van der Waals surface area contributed by atoms with Crippen LogP contribution in [0.5, 0.6) is 0 Å². The van der Waals surface area contributed by atoms with Crippen LogP contribution >= 0.6 is 0 Å². The van der Waals surface area contributed by atoms with Crippen LogP contribution in [0.25, 0.3) is 0 Å². The first-order valence-corrected chi connectivity index (χ1v) is 14.6. The van der Waals surface area contributed by atoms with Crippen LogP contribution in [-0.4, -0.2) is 72.4 Å². The standard InChI is InChI=1S/C31H44N4O3/c1-22-27(12-11-23-7-6-10-25(19-23)24-8-4-3-5-9-24)32-21-33-30(22)31(36)35-16-13-26(14-17-35)34-28-15-18-38-20-29(28)37-2/h3-5,8-9,21,23,25-26,28-29,34H,6-7,10-20H2,1-2H3/t23?,25-,28?,29?/m1/s1. The molecular weight excluding hydrogens is 476 g/mol. The van der Waals surface area contributed by atoms with Crippen molar-refractivity contribution in [1.82, 2.24) is 20.2 Å². The normalized spacial score (nSPS) is 26.8. The third-order valence-corrected chi connectivity index (χ3v) is 9.07. The third-order valence-electron chi connectivity index (χ3n) is 9.07. The maximum absolute atomic E-state index is 13.5. The van der Waals surface area contributed by atoms with Crippen molar-refractivity contribution < 1.29 is 14.3 Å². The Balaban J connectivity index is 1.13. The molecular formula is C31H44N4O3. The van der Waals surface area contributed by atoms with Crippen molar-refractivity contribution in [3.05, 3.63) is 59.2 Å². The van der Waals surface area contributed by atoms with Gasteiger partial charge in [0.05, 0.1) is 12.7 Å². The van der Waals surface area contributed by atoms with Gasteiger partial charge in [0, 0.05) is 50.1 Å². The van der Waals surface area contributed by atoms with Gasteiger partial charge < -0.3 is 19.7 Å². The number of piperidine rings is 1. The average molecular weight is 521 g/mol. The Morgan fingerprint density at radius 2 is 1.92 bits per heavy atom. The van der Waals surface area contributed by atoms with Crippen LogP contribution in [0, 0.1) is 12.8 Å². The second kappa shape index (κ2) is 13.1. The van der Waals surface area contributed by atoms with Crippen LogP contribution in [0.3, 0.4) is 0 Å². The van der Waals surface area contributed by atoms with E-state index in [0.717, 1.165) is 63.1 Å². The summed E-state index contributed by atoms with van der Waals surface area (Å²) in [5.41, 5.74) is 4.05. The smallest absolute Gasteiger partial charge is 0.272 e. The highest BCUT2D eigenvalue weighted by molar-refractivity contribution is 5.93. The van der Waals surface area contributed by atoms with Crippen LogP contribution < -0.4 is 5.32 Å². The first-order chi connectivity index (χ1) is 18.6. The zero-order valence-corrected chi connectivity index (χ0v) is 23.1. The molecule has 2 saturated heterocycles. The van der Waals surface area contributed by atoms with Gasteiger partial charge in [-0.2, -0.15) is 0 Å². The second-order valence-electron chi connectivity index (χ2n) is 11.5. The second-order valence-corrected chi connectivity index (χ2v) is 11.5. The number of amides is 1. The van der Waals surface area contributed by atoms with Gasteiger partial charge in [0.2, 0.25) is 0 Å². The molecule has 0 bridgehead atoms. The van der Waals surface area contributed by atoms with E-state index in [9.17, 15) is 4.79 Å². The van der Waals surface area contributed by atoms with Crippen molar-refractivity contribution in [2.45, 2.75) is 88.8 Å². The van der Waals surface area contributed by atoms with Crippen LogP contribution in [0.4, 0.5) is 0 Å². The highest BCUT2D eigenvalue weighted by Crippen LogP contribution is 2.38. The van der Waals surface area contributed by atoms with Crippen LogP contribution in [0.1, 0.15) is 84.6 Å².